The Balaban J connectivity index is 1.56. The first-order valence-corrected chi connectivity index (χ1v) is 14.9. The summed E-state index contributed by atoms with van der Waals surface area (Å²) in [5.41, 5.74) is 1.18. The second kappa shape index (κ2) is 16.1. The molecule has 0 aliphatic carbocycles. The van der Waals surface area contributed by atoms with Crippen LogP contribution in [0.15, 0.2) is 24.3 Å². The molecular formula is C27H37N5O10S. The van der Waals surface area contributed by atoms with E-state index in [0.717, 1.165) is 28.4 Å². The van der Waals surface area contributed by atoms with Gasteiger partial charge in [-0.15, -0.1) is 0 Å². The van der Waals surface area contributed by atoms with Gasteiger partial charge in [0, 0.05) is 35.7 Å². The molecule has 16 heteroatoms. The number of benzene rings is 1. The van der Waals surface area contributed by atoms with Gasteiger partial charge in [-0.3, -0.25) is 33.8 Å². The van der Waals surface area contributed by atoms with Crippen molar-refractivity contribution in [2.24, 2.45) is 0 Å². The van der Waals surface area contributed by atoms with Crippen molar-refractivity contribution in [3.05, 3.63) is 29.8 Å². The maximum atomic E-state index is 12.5. The lowest BCUT2D eigenvalue weighted by molar-refractivity contribution is -0.146. The number of nitrogens with zero attached hydrogens (tertiary/aromatic N) is 2. The number of thioether (sulfide) groups is 1. The highest BCUT2D eigenvalue weighted by Gasteiger charge is 2.42. The number of aliphatic carboxylic acids is 4. The van der Waals surface area contributed by atoms with Gasteiger partial charge in [0.2, 0.25) is 5.91 Å². The maximum Gasteiger partial charge on any atom is 0.317 e. The zero-order valence-electron chi connectivity index (χ0n) is 23.4. The van der Waals surface area contributed by atoms with Gasteiger partial charge in [0.15, 0.2) is 0 Å². The molecule has 7 N–H and O–H groups in total. The number of carboxylic acid groups (broad SMARTS) is 4. The molecule has 4 atom stereocenters. The maximum absolute atomic E-state index is 12.5. The number of rotatable bonds is 19. The number of carbonyl (C=O) groups is 6. The molecule has 2 aliphatic heterocycles. The average Bonchev–Trinajstić information content (AvgIpc) is 3.44. The van der Waals surface area contributed by atoms with E-state index < -0.39 is 56.1 Å². The van der Waals surface area contributed by atoms with Gasteiger partial charge in [0.25, 0.3) is 0 Å². The molecule has 3 rings (SSSR count). The largest absolute Gasteiger partial charge is 0.480 e. The number of hydrogen-bond donors (Lipinski definition) is 7. The van der Waals surface area contributed by atoms with Crippen molar-refractivity contribution >= 4 is 53.3 Å². The van der Waals surface area contributed by atoms with E-state index in [4.69, 9.17) is 0 Å². The minimum atomic E-state index is -1.29. The van der Waals surface area contributed by atoms with Crippen LogP contribution in [0.3, 0.4) is 0 Å². The quantitative estimate of drug-likeness (QED) is 0.0809. The summed E-state index contributed by atoms with van der Waals surface area (Å²) in [6.45, 7) is -2.76. The zero-order valence-corrected chi connectivity index (χ0v) is 24.3. The van der Waals surface area contributed by atoms with E-state index in [1.54, 1.807) is 24.3 Å². The van der Waals surface area contributed by atoms with Crippen LogP contribution in [0.1, 0.15) is 31.2 Å². The zero-order chi connectivity index (χ0) is 31.5. The summed E-state index contributed by atoms with van der Waals surface area (Å²) in [4.78, 5) is 71.7. The molecule has 3 amide bonds. The van der Waals surface area contributed by atoms with Gasteiger partial charge < -0.3 is 36.4 Å². The normalized spacial score (nSPS) is 19.9. The summed E-state index contributed by atoms with van der Waals surface area (Å²) >= 11 is 1.82. The van der Waals surface area contributed by atoms with E-state index in [1.165, 1.54) is 0 Å². The van der Waals surface area contributed by atoms with Crippen LogP contribution < -0.4 is 16.0 Å². The summed E-state index contributed by atoms with van der Waals surface area (Å²) < 4.78 is 0. The molecule has 43 heavy (non-hydrogen) atoms. The van der Waals surface area contributed by atoms with Crippen molar-refractivity contribution in [3.8, 4) is 0 Å². The molecule has 15 nitrogen and oxygen atoms in total. The van der Waals surface area contributed by atoms with Gasteiger partial charge in [-0.1, -0.05) is 18.6 Å². The van der Waals surface area contributed by atoms with Crippen molar-refractivity contribution in [1.29, 1.82) is 0 Å². The van der Waals surface area contributed by atoms with Crippen LogP contribution in [0, 0.1) is 0 Å². The minimum Gasteiger partial charge on any atom is -0.480 e. The van der Waals surface area contributed by atoms with Gasteiger partial charge in [0.05, 0.1) is 38.3 Å². The van der Waals surface area contributed by atoms with E-state index in [9.17, 15) is 49.2 Å². The van der Waals surface area contributed by atoms with Gasteiger partial charge in [0.1, 0.15) is 0 Å². The number of carbonyl (C=O) groups excluding carboxylic acids is 2. The lowest BCUT2D eigenvalue weighted by Crippen LogP contribution is -2.50. The Bertz CT molecular complexity index is 1150. The fourth-order valence-electron chi connectivity index (χ4n) is 5.33. The van der Waals surface area contributed by atoms with Gasteiger partial charge in [-0.2, -0.15) is 11.8 Å². The van der Waals surface area contributed by atoms with Crippen molar-refractivity contribution in [1.82, 2.24) is 20.4 Å². The number of unbranched alkanes of at least 4 members (excludes halogenated alkanes) is 1. The predicted octanol–water partition coefficient (Wildman–Crippen LogP) is 0.204. The molecule has 0 saturated carbocycles. The number of amides is 3. The number of urea groups is 1. The Hall–Kier alpha value is -3.89. The highest BCUT2D eigenvalue weighted by Crippen LogP contribution is 2.33. The van der Waals surface area contributed by atoms with Gasteiger partial charge in [-0.05, 0) is 37.0 Å². The van der Waals surface area contributed by atoms with Crippen molar-refractivity contribution in [3.63, 3.8) is 0 Å². The number of fused-ring (bicyclic) bond motifs is 1. The summed E-state index contributed by atoms with van der Waals surface area (Å²) in [7, 11) is 0. The Kier molecular flexibility index (Phi) is 12.6. The molecule has 2 aliphatic rings. The highest BCUT2D eigenvalue weighted by molar-refractivity contribution is 8.00. The summed E-state index contributed by atoms with van der Waals surface area (Å²) in [6.07, 6.45) is 2.85. The third-order valence-electron chi connectivity index (χ3n) is 7.17. The monoisotopic (exact) mass is 623 g/mol. The summed E-state index contributed by atoms with van der Waals surface area (Å²) in [6, 6.07) is 5.99. The van der Waals surface area contributed by atoms with Crippen LogP contribution in [0.2, 0.25) is 0 Å². The molecule has 1 aromatic carbocycles. The molecule has 1 aromatic rings. The van der Waals surface area contributed by atoms with Crippen LogP contribution in [0.5, 0.6) is 0 Å². The molecule has 2 heterocycles. The molecular weight excluding hydrogens is 586 g/mol. The molecule has 236 valence electrons. The van der Waals surface area contributed by atoms with Crippen LogP contribution in [-0.2, 0) is 30.4 Å². The molecule has 0 radical (unpaired) electrons. The second-order valence-electron chi connectivity index (χ2n) is 10.6. The molecule has 0 bridgehead atoms. The standard InChI is InChI=1S/C27H37N5O10S/c33-21(4-2-1-3-20-26-19(15-43-20)29-27(42)30-26)28-17-7-5-16(6-8-17)9-18(32(13-24(38)39)14-25(40)41)10-31(11-22(34)35)12-23(36)37/h5-8,18-20,26H,1-4,9-15H2,(H,28,33)(H,34,35)(H,36,37)(H,38,39)(H,40,41)(H2,29,30,42)/t18?,19-,20-,26-/m0/s1. The molecule has 2 saturated heterocycles. The molecule has 0 aromatic heterocycles. The third kappa shape index (κ3) is 11.4. The summed E-state index contributed by atoms with van der Waals surface area (Å²) in [5, 5.41) is 46.1. The lowest BCUT2D eigenvalue weighted by Gasteiger charge is -2.33. The molecule has 2 fully saturated rings. The second-order valence-corrected chi connectivity index (χ2v) is 11.9. The van der Waals surface area contributed by atoms with Crippen molar-refractivity contribution in [2.45, 2.75) is 55.5 Å². The number of nitrogens with one attached hydrogen (secondary N) is 3. The topological polar surface area (TPSA) is 226 Å². The molecule has 0 spiro atoms. The predicted molar refractivity (Wildman–Crippen MR) is 155 cm³/mol. The Labute approximate surface area is 252 Å². The van der Waals surface area contributed by atoms with Crippen LogP contribution in [0.25, 0.3) is 0 Å². The smallest absolute Gasteiger partial charge is 0.317 e. The first kappa shape index (κ1) is 33.6. The van der Waals surface area contributed by atoms with E-state index in [2.05, 4.69) is 16.0 Å². The fraction of sp³-hybridized carbons (Fsp3) is 0.556. The van der Waals surface area contributed by atoms with E-state index in [-0.39, 0.29) is 37.0 Å². The third-order valence-corrected chi connectivity index (χ3v) is 8.68. The number of carboxylic acids is 4. The fourth-order valence-corrected chi connectivity index (χ4v) is 6.87. The lowest BCUT2D eigenvalue weighted by atomic mass is 10.0. The molecule has 1 unspecified atom stereocenters. The first-order chi connectivity index (χ1) is 20.4. The highest BCUT2D eigenvalue weighted by atomic mass is 32.2. The number of hydrogen-bond acceptors (Lipinski definition) is 9. The van der Waals surface area contributed by atoms with Gasteiger partial charge >= 0.3 is 29.9 Å². The van der Waals surface area contributed by atoms with Crippen LogP contribution in [0.4, 0.5) is 10.5 Å². The van der Waals surface area contributed by atoms with Crippen molar-refractivity contribution in [2.75, 3.05) is 43.8 Å². The van der Waals surface area contributed by atoms with E-state index in [1.807, 2.05) is 11.8 Å². The van der Waals surface area contributed by atoms with Gasteiger partial charge in [-0.25, -0.2) is 4.79 Å². The Morgan fingerprint density at radius 2 is 1.49 bits per heavy atom. The summed E-state index contributed by atoms with van der Waals surface area (Å²) in [5.74, 6) is -4.43. The Morgan fingerprint density at radius 3 is 2.07 bits per heavy atom. The van der Waals surface area contributed by atoms with E-state index in [0.29, 0.717) is 29.3 Å². The van der Waals surface area contributed by atoms with Crippen LogP contribution in [-0.4, -0.2) is 128 Å². The number of anilines is 1. The first-order valence-electron chi connectivity index (χ1n) is 13.8. The van der Waals surface area contributed by atoms with Crippen LogP contribution >= 0.6 is 11.8 Å². The Morgan fingerprint density at radius 1 is 0.884 bits per heavy atom. The minimum absolute atomic E-state index is 0.0987. The van der Waals surface area contributed by atoms with E-state index >= 15 is 0 Å². The van der Waals surface area contributed by atoms with Crippen molar-refractivity contribution < 1.29 is 49.2 Å². The average molecular weight is 624 g/mol. The SMILES string of the molecule is O=C(O)CN(CC(=O)O)CC(Cc1ccc(NC(=O)CCCC[C@@H]2SC[C@@H]3NC(=O)N[C@@H]32)cc1)N(CC(=O)O)CC(=O)O.